The first-order valence-corrected chi connectivity index (χ1v) is 10.0. The summed E-state index contributed by atoms with van der Waals surface area (Å²) < 4.78 is 16.5. The van der Waals surface area contributed by atoms with E-state index in [9.17, 15) is 0 Å². The van der Waals surface area contributed by atoms with Gasteiger partial charge in [-0.1, -0.05) is 24.3 Å². The minimum absolute atomic E-state index is 0. The van der Waals surface area contributed by atoms with Gasteiger partial charge in [-0.25, -0.2) is 4.98 Å². The Morgan fingerprint density at radius 3 is 2.53 bits per heavy atom. The van der Waals surface area contributed by atoms with E-state index in [0.717, 1.165) is 43.2 Å². The van der Waals surface area contributed by atoms with Crippen LogP contribution in [0.15, 0.2) is 53.7 Å². The number of nitrogens with one attached hydrogen (secondary N) is 1. The van der Waals surface area contributed by atoms with Gasteiger partial charge in [-0.15, -0.1) is 24.0 Å². The van der Waals surface area contributed by atoms with Crippen LogP contribution in [0.1, 0.15) is 18.4 Å². The van der Waals surface area contributed by atoms with Gasteiger partial charge in [-0.3, -0.25) is 4.99 Å². The molecule has 0 amide bonds. The molecule has 1 aromatic carbocycles. The van der Waals surface area contributed by atoms with Gasteiger partial charge >= 0.3 is 0 Å². The maximum atomic E-state index is 6.08. The molecule has 0 atom stereocenters. The molecule has 1 aliphatic heterocycles. The Morgan fingerprint density at radius 1 is 1.13 bits per heavy atom. The van der Waals surface area contributed by atoms with Gasteiger partial charge in [0.05, 0.1) is 6.61 Å². The molecule has 3 rings (SSSR count). The van der Waals surface area contributed by atoms with E-state index in [1.54, 1.807) is 7.11 Å². The fourth-order valence-electron chi connectivity index (χ4n) is 3.22. The minimum atomic E-state index is 0. The molecule has 2 aromatic rings. The lowest BCUT2D eigenvalue weighted by molar-refractivity contribution is 0.129. The predicted octanol–water partition coefficient (Wildman–Crippen LogP) is 3.34. The number of piperidine rings is 1. The van der Waals surface area contributed by atoms with Crippen LogP contribution in [0, 0.1) is 0 Å². The molecule has 0 aliphatic carbocycles. The van der Waals surface area contributed by atoms with Gasteiger partial charge in [-0.2, -0.15) is 0 Å². The van der Waals surface area contributed by atoms with E-state index in [-0.39, 0.29) is 30.1 Å². The Labute approximate surface area is 195 Å². The summed E-state index contributed by atoms with van der Waals surface area (Å²) in [6, 6.07) is 13.9. The fraction of sp³-hybridized carbons (Fsp3) is 0.455. The van der Waals surface area contributed by atoms with Crippen LogP contribution in [0.5, 0.6) is 11.6 Å². The monoisotopic (exact) mass is 526 g/mol. The summed E-state index contributed by atoms with van der Waals surface area (Å²) in [6.45, 7) is 3.55. The average molecular weight is 526 g/mol. The highest BCUT2D eigenvalue weighted by Gasteiger charge is 2.22. The number of pyridine rings is 1. The van der Waals surface area contributed by atoms with Crippen molar-refractivity contribution in [1.29, 1.82) is 0 Å². The third-order valence-electron chi connectivity index (χ3n) is 4.78. The summed E-state index contributed by atoms with van der Waals surface area (Å²) in [5, 5.41) is 3.43. The Kier molecular flexibility index (Phi) is 10.7. The minimum Gasteiger partial charge on any atom is -0.490 e. The van der Waals surface area contributed by atoms with Crippen LogP contribution in [0.25, 0.3) is 0 Å². The van der Waals surface area contributed by atoms with E-state index in [1.807, 2.05) is 55.7 Å². The largest absolute Gasteiger partial charge is 0.490 e. The lowest BCUT2D eigenvalue weighted by Gasteiger charge is -2.34. The Balaban J connectivity index is 0.00000320. The third kappa shape index (κ3) is 7.64. The average Bonchev–Trinajstić information content (AvgIpc) is 2.77. The van der Waals surface area contributed by atoms with Crippen molar-refractivity contribution in [1.82, 2.24) is 15.2 Å². The van der Waals surface area contributed by atoms with Crippen molar-refractivity contribution in [3.63, 3.8) is 0 Å². The molecule has 2 heterocycles. The number of aliphatic imine (C=N–C) groups is 1. The molecular weight excluding hydrogens is 495 g/mol. The van der Waals surface area contributed by atoms with Gasteiger partial charge in [0.1, 0.15) is 18.5 Å². The van der Waals surface area contributed by atoms with E-state index >= 15 is 0 Å². The summed E-state index contributed by atoms with van der Waals surface area (Å²) in [5.41, 5.74) is 1.08. The number of hydrogen-bond donors (Lipinski definition) is 1. The standard InChI is InChI=1S/C22H30N4O3.HI/c1-23-22(25-17-18-8-9-21(24-16-18)28-15-14-27-2)26-12-10-20(11-13-26)29-19-6-4-3-5-7-19;/h3-9,16,20H,10-15,17H2,1-2H3,(H,23,25);1H. The molecule has 164 valence electrons. The van der Waals surface area contributed by atoms with E-state index in [1.165, 1.54) is 0 Å². The smallest absolute Gasteiger partial charge is 0.213 e. The summed E-state index contributed by atoms with van der Waals surface area (Å²) in [5.74, 6) is 2.45. The number of guanidine groups is 1. The molecule has 0 unspecified atom stereocenters. The number of benzene rings is 1. The maximum absolute atomic E-state index is 6.08. The van der Waals surface area contributed by atoms with Crippen molar-refractivity contribution in [2.45, 2.75) is 25.5 Å². The first kappa shape index (κ1) is 24.2. The van der Waals surface area contributed by atoms with Crippen molar-refractivity contribution >= 4 is 29.9 Å². The number of ether oxygens (including phenoxy) is 3. The topological polar surface area (TPSA) is 68.2 Å². The zero-order chi connectivity index (χ0) is 20.3. The van der Waals surface area contributed by atoms with Crippen molar-refractivity contribution in [3.05, 3.63) is 54.2 Å². The summed E-state index contributed by atoms with van der Waals surface area (Å²) in [4.78, 5) is 11.0. The normalized spacial score (nSPS) is 14.7. The Hall–Kier alpha value is -2.07. The molecule has 8 heteroatoms. The molecule has 1 N–H and O–H groups in total. The summed E-state index contributed by atoms with van der Waals surface area (Å²) in [6.07, 6.45) is 4.03. The van der Waals surface area contributed by atoms with Crippen molar-refractivity contribution in [3.8, 4) is 11.6 Å². The lowest BCUT2D eigenvalue weighted by atomic mass is 10.1. The van der Waals surface area contributed by atoms with Crippen LogP contribution in [-0.4, -0.2) is 62.4 Å². The molecule has 1 saturated heterocycles. The Morgan fingerprint density at radius 2 is 1.90 bits per heavy atom. The SMILES string of the molecule is CN=C(NCc1ccc(OCCOC)nc1)N1CCC(Oc2ccccc2)CC1.I. The van der Waals surface area contributed by atoms with Gasteiger partial charge in [0.15, 0.2) is 5.96 Å². The number of likely N-dealkylation sites (tertiary alicyclic amines) is 1. The van der Waals surface area contributed by atoms with E-state index in [2.05, 4.69) is 20.2 Å². The number of aromatic nitrogens is 1. The molecule has 0 radical (unpaired) electrons. The molecule has 0 saturated carbocycles. The van der Waals surface area contributed by atoms with Crippen molar-refractivity contribution < 1.29 is 14.2 Å². The number of rotatable bonds is 8. The van der Waals surface area contributed by atoms with Crippen LogP contribution in [0.4, 0.5) is 0 Å². The highest BCUT2D eigenvalue weighted by molar-refractivity contribution is 14.0. The van der Waals surface area contributed by atoms with Gasteiger partial charge < -0.3 is 24.4 Å². The number of methoxy groups -OCH3 is 1. The third-order valence-corrected chi connectivity index (χ3v) is 4.78. The van der Waals surface area contributed by atoms with Gasteiger partial charge in [-0.05, 0) is 17.7 Å². The fourth-order valence-corrected chi connectivity index (χ4v) is 3.22. The second-order valence-electron chi connectivity index (χ2n) is 6.86. The molecule has 1 aliphatic rings. The molecule has 0 bridgehead atoms. The maximum Gasteiger partial charge on any atom is 0.213 e. The number of para-hydroxylation sites is 1. The molecule has 1 fully saturated rings. The second-order valence-corrected chi connectivity index (χ2v) is 6.86. The zero-order valence-electron chi connectivity index (χ0n) is 17.6. The van der Waals surface area contributed by atoms with E-state index < -0.39 is 0 Å². The highest BCUT2D eigenvalue weighted by atomic mass is 127. The van der Waals surface area contributed by atoms with E-state index in [4.69, 9.17) is 14.2 Å². The van der Waals surface area contributed by atoms with Crippen LogP contribution >= 0.6 is 24.0 Å². The predicted molar refractivity (Wildman–Crippen MR) is 129 cm³/mol. The second kappa shape index (κ2) is 13.3. The lowest BCUT2D eigenvalue weighted by Crippen LogP contribution is -2.47. The number of nitrogens with zero attached hydrogens (tertiary/aromatic N) is 3. The van der Waals surface area contributed by atoms with Gasteiger partial charge in [0.25, 0.3) is 0 Å². The quantitative estimate of drug-likeness (QED) is 0.247. The van der Waals surface area contributed by atoms with Crippen LogP contribution in [-0.2, 0) is 11.3 Å². The van der Waals surface area contributed by atoms with Crippen molar-refractivity contribution in [2.24, 2.45) is 4.99 Å². The van der Waals surface area contributed by atoms with Crippen LogP contribution < -0.4 is 14.8 Å². The molecular formula is C22H31IN4O3. The highest BCUT2D eigenvalue weighted by Crippen LogP contribution is 2.18. The number of hydrogen-bond acceptors (Lipinski definition) is 5. The summed E-state index contributed by atoms with van der Waals surface area (Å²) in [7, 11) is 3.47. The molecule has 1 aromatic heterocycles. The number of halogens is 1. The zero-order valence-corrected chi connectivity index (χ0v) is 20.0. The van der Waals surface area contributed by atoms with Crippen molar-refractivity contribution in [2.75, 3.05) is 40.5 Å². The van der Waals surface area contributed by atoms with E-state index in [0.29, 0.717) is 25.6 Å². The first-order chi connectivity index (χ1) is 14.3. The molecule has 7 nitrogen and oxygen atoms in total. The van der Waals surface area contributed by atoms with Crippen LogP contribution in [0.3, 0.4) is 0 Å². The van der Waals surface area contributed by atoms with Gasteiger partial charge in [0.2, 0.25) is 5.88 Å². The molecule has 30 heavy (non-hydrogen) atoms. The Bertz CT molecular complexity index is 751. The van der Waals surface area contributed by atoms with Crippen LogP contribution in [0.2, 0.25) is 0 Å². The molecule has 0 spiro atoms. The summed E-state index contributed by atoms with van der Waals surface area (Å²) >= 11 is 0. The first-order valence-electron chi connectivity index (χ1n) is 10.0. The van der Waals surface area contributed by atoms with Gasteiger partial charge in [0, 0.05) is 58.9 Å².